The maximum atomic E-state index is 12.4. The van der Waals surface area contributed by atoms with Gasteiger partial charge in [0.2, 0.25) is 0 Å². The van der Waals surface area contributed by atoms with Crippen molar-refractivity contribution in [1.29, 1.82) is 0 Å². The highest BCUT2D eigenvalue weighted by Gasteiger charge is 2.59. The maximum absolute atomic E-state index is 12.4. The van der Waals surface area contributed by atoms with Crippen LogP contribution in [0.5, 0.6) is 0 Å². The van der Waals surface area contributed by atoms with Crippen molar-refractivity contribution in [2.75, 3.05) is 13.7 Å². The summed E-state index contributed by atoms with van der Waals surface area (Å²) in [4.78, 5) is 27.7. The van der Waals surface area contributed by atoms with E-state index in [2.05, 4.69) is 15.0 Å². The van der Waals surface area contributed by atoms with E-state index in [4.69, 9.17) is 4.74 Å². The number of amides is 1. The lowest BCUT2D eigenvalue weighted by atomic mass is 9.51. The van der Waals surface area contributed by atoms with E-state index in [0.29, 0.717) is 12.2 Å². The number of methoxy groups -OCH3 is 1. The summed E-state index contributed by atoms with van der Waals surface area (Å²) in [7, 11) is 1.30. The van der Waals surface area contributed by atoms with E-state index in [0.717, 1.165) is 19.3 Å². The van der Waals surface area contributed by atoms with Gasteiger partial charge in [-0.2, -0.15) is 0 Å². The van der Waals surface area contributed by atoms with Gasteiger partial charge in [0.15, 0.2) is 0 Å². The smallest absolute Gasteiger partial charge is 0.356 e. The minimum absolute atomic E-state index is 0.130. The van der Waals surface area contributed by atoms with Gasteiger partial charge in [0.25, 0.3) is 5.91 Å². The number of aromatic nitrogens is 1. The molecule has 1 amide bonds. The van der Waals surface area contributed by atoms with Crippen LogP contribution in [0.15, 0.2) is 18.3 Å². The van der Waals surface area contributed by atoms with Gasteiger partial charge in [-0.15, -0.1) is 0 Å². The fraction of sp³-hybridized carbons (Fsp3) is 0.588. The Balaban J connectivity index is 1.62. The summed E-state index contributed by atoms with van der Waals surface area (Å²) in [5.74, 6) is -0.663. The van der Waals surface area contributed by atoms with Crippen molar-refractivity contribution < 1.29 is 19.1 Å². The van der Waals surface area contributed by atoms with Crippen molar-refractivity contribution in [3.05, 3.63) is 29.6 Å². The van der Waals surface area contributed by atoms with Gasteiger partial charge < -0.3 is 14.8 Å². The lowest BCUT2D eigenvalue weighted by Gasteiger charge is -2.61. The standard InChI is InChI=1S/C17H22N2O4/c1-3-23-14-9-13(17(14)7-4-8-17)19-15(20)11-5-6-12(18-10-11)16(21)22-2/h5-6,10,13-14H,3-4,7-9H2,1-2H3,(H,19,20)/t13-,14-/m1/s1. The molecule has 1 heterocycles. The minimum atomic E-state index is -0.510. The summed E-state index contributed by atoms with van der Waals surface area (Å²) in [5, 5.41) is 3.10. The second-order valence-electron chi connectivity index (χ2n) is 6.22. The molecule has 0 aliphatic heterocycles. The molecule has 2 atom stereocenters. The third-order valence-electron chi connectivity index (χ3n) is 5.16. The number of hydrogen-bond acceptors (Lipinski definition) is 5. The highest BCUT2D eigenvalue weighted by atomic mass is 16.5. The Labute approximate surface area is 135 Å². The Hall–Kier alpha value is -1.95. The average Bonchev–Trinajstić information content (AvgIpc) is 2.51. The van der Waals surface area contributed by atoms with Crippen LogP contribution in [0.25, 0.3) is 0 Å². The molecule has 0 radical (unpaired) electrons. The molecule has 124 valence electrons. The zero-order chi connectivity index (χ0) is 16.4. The molecule has 3 rings (SSSR count). The molecule has 0 aromatic carbocycles. The summed E-state index contributed by atoms with van der Waals surface area (Å²) in [6.07, 6.45) is 5.97. The SMILES string of the molecule is CCO[C@@H]1C[C@@H](NC(=O)c2ccc(C(=O)OC)nc2)C12CCC2. The van der Waals surface area contributed by atoms with Crippen LogP contribution in [0, 0.1) is 5.41 Å². The van der Waals surface area contributed by atoms with Crippen LogP contribution in [-0.2, 0) is 9.47 Å². The first-order valence-electron chi connectivity index (χ1n) is 8.07. The number of nitrogens with zero attached hydrogens (tertiary/aromatic N) is 1. The third kappa shape index (κ3) is 2.72. The summed E-state index contributed by atoms with van der Waals surface area (Å²) < 4.78 is 10.4. The Bertz CT molecular complexity index is 595. The van der Waals surface area contributed by atoms with Crippen LogP contribution in [0.1, 0.15) is 53.5 Å². The second-order valence-corrected chi connectivity index (χ2v) is 6.22. The van der Waals surface area contributed by atoms with Gasteiger partial charge in [0.1, 0.15) is 5.69 Å². The van der Waals surface area contributed by atoms with E-state index in [-0.39, 0.29) is 29.2 Å². The van der Waals surface area contributed by atoms with Crippen molar-refractivity contribution in [1.82, 2.24) is 10.3 Å². The number of nitrogens with one attached hydrogen (secondary N) is 1. The lowest BCUT2D eigenvalue weighted by molar-refractivity contribution is -0.169. The molecule has 6 heteroatoms. The Kier molecular flexibility index (Phi) is 4.35. The largest absolute Gasteiger partial charge is 0.464 e. The number of esters is 1. The topological polar surface area (TPSA) is 77.5 Å². The molecule has 0 saturated heterocycles. The van der Waals surface area contributed by atoms with Gasteiger partial charge in [-0.25, -0.2) is 9.78 Å². The molecule has 1 aromatic rings. The molecule has 23 heavy (non-hydrogen) atoms. The number of pyridine rings is 1. The first-order chi connectivity index (χ1) is 11.1. The van der Waals surface area contributed by atoms with Crippen LogP contribution >= 0.6 is 0 Å². The summed E-state index contributed by atoms with van der Waals surface area (Å²) in [5.41, 5.74) is 0.775. The zero-order valence-electron chi connectivity index (χ0n) is 13.5. The van der Waals surface area contributed by atoms with E-state index in [1.165, 1.54) is 25.8 Å². The van der Waals surface area contributed by atoms with Gasteiger partial charge in [0.05, 0.1) is 18.8 Å². The maximum Gasteiger partial charge on any atom is 0.356 e. The van der Waals surface area contributed by atoms with Gasteiger partial charge >= 0.3 is 5.97 Å². The van der Waals surface area contributed by atoms with Crippen molar-refractivity contribution in [3.63, 3.8) is 0 Å². The molecule has 6 nitrogen and oxygen atoms in total. The average molecular weight is 318 g/mol. The Morgan fingerprint density at radius 3 is 2.70 bits per heavy atom. The number of ether oxygens (including phenoxy) is 2. The molecular weight excluding hydrogens is 296 g/mol. The minimum Gasteiger partial charge on any atom is -0.464 e. The highest BCUT2D eigenvalue weighted by Crippen LogP contribution is 2.57. The van der Waals surface area contributed by atoms with E-state index in [1.807, 2.05) is 6.92 Å². The molecule has 2 aliphatic carbocycles. The number of hydrogen-bond donors (Lipinski definition) is 1. The van der Waals surface area contributed by atoms with Crippen LogP contribution in [-0.4, -0.2) is 42.7 Å². The predicted octanol–water partition coefficient (Wildman–Crippen LogP) is 1.95. The molecule has 1 N–H and O–H groups in total. The Morgan fingerprint density at radius 1 is 1.39 bits per heavy atom. The fourth-order valence-corrected chi connectivity index (χ4v) is 3.64. The van der Waals surface area contributed by atoms with Crippen molar-refractivity contribution in [3.8, 4) is 0 Å². The van der Waals surface area contributed by atoms with Crippen LogP contribution in [0.3, 0.4) is 0 Å². The van der Waals surface area contributed by atoms with Crippen molar-refractivity contribution in [2.45, 2.75) is 44.8 Å². The predicted molar refractivity (Wildman–Crippen MR) is 83.1 cm³/mol. The van der Waals surface area contributed by atoms with Gasteiger partial charge in [-0.1, -0.05) is 6.42 Å². The molecule has 2 aliphatic rings. The summed E-state index contributed by atoms with van der Waals surface area (Å²) in [6, 6.07) is 3.27. The molecule has 0 unspecified atom stereocenters. The van der Waals surface area contributed by atoms with Crippen molar-refractivity contribution >= 4 is 11.9 Å². The molecule has 1 aromatic heterocycles. The number of rotatable bonds is 5. The van der Waals surface area contributed by atoms with Crippen LogP contribution in [0.4, 0.5) is 0 Å². The first kappa shape index (κ1) is 15.9. The molecule has 0 bridgehead atoms. The molecule has 1 spiro atoms. The Morgan fingerprint density at radius 2 is 2.17 bits per heavy atom. The van der Waals surface area contributed by atoms with Crippen LogP contribution < -0.4 is 5.32 Å². The number of carbonyl (C=O) groups is 2. The lowest BCUT2D eigenvalue weighted by Crippen LogP contribution is -2.67. The van der Waals surface area contributed by atoms with Crippen LogP contribution in [0.2, 0.25) is 0 Å². The first-order valence-corrected chi connectivity index (χ1v) is 8.07. The number of carbonyl (C=O) groups excluding carboxylic acids is 2. The molecular formula is C17H22N2O4. The van der Waals surface area contributed by atoms with E-state index < -0.39 is 5.97 Å². The van der Waals surface area contributed by atoms with Crippen molar-refractivity contribution in [2.24, 2.45) is 5.41 Å². The molecule has 2 fully saturated rings. The summed E-state index contributed by atoms with van der Waals surface area (Å²) >= 11 is 0. The van der Waals surface area contributed by atoms with E-state index >= 15 is 0 Å². The van der Waals surface area contributed by atoms with Gasteiger partial charge in [0, 0.05) is 24.3 Å². The van der Waals surface area contributed by atoms with Gasteiger partial charge in [-0.05, 0) is 38.3 Å². The zero-order valence-corrected chi connectivity index (χ0v) is 13.5. The normalized spacial score (nSPS) is 24.4. The van der Waals surface area contributed by atoms with E-state index in [9.17, 15) is 9.59 Å². The van der Waals surface area contributed by atoms with E-state index in [1.54, 1.807) is 6.07 Å². The highest BCUT2D eigenvalue weighted by molar-refractivity contribution is 5.95. The quantitative estimate of drug-likeness (QED) is 0.840. The molecule has 2 saturated carbocycles. The van der Waals surface area contributed by atoms with Gasteiger partial charge in [-0.3, -0.25) is 4.79 Å². The monoisotopic (exact) mass is 318 g/mol. The summed E-state index contributed by atoms with van der Waals surface area (Å²) in [6.45, 7) is 2.72. The third-order valence-corrected chi connectivity index (χ3v) is 5.16. The second kappa shape index (κ2) is 6.28. The fourth-order valence-electron chi connectivity index (χ4n) is 3.64.